The van der Waals surface area contributed by atoms with Crippen molar-refractivity contribution in [3.63, 3.8) is 0 Å². The smallest absolute Gasteiger partial charge is 0.388 e. The van der Waals surface area contributed by atoms with Gasteiger partial charge in [0.05, 0.1) is 24.8 Å². The van der Waals surface area contributed by atoms with E-state index in [1.54, 1.807) is 14.0 Å². The molecule has 3 fully saturated rings. The lowest BCUT2D eigenvalue weighted by atomic mass is 9.84. The molecule has 5 unspecified atom stereocenters. The summed E-state index contributed by atoms with van der Waals surface area (Å²) in [6.07, 6.45) is -4.22. The fourth-order valence-electron chi connectivity index (χ4n) is 5.04. The van der Waals surface area contributed by atoms with Crippen LogP contribution in [0, 0.1) is 0 Å². The van der Waals surface area contributed by atoms with Crippen LogP contribution in [0.1, 0.15) is 33.1 Å². The maximum atomic E-state index is 11.1. The molecule has 2 heterocycles. The van der Waals surface area contributed by atoms with Crippen LogP contribution in [0.4, 0.5) is 0 Å². The number of hydrogen-bond acceptors (Lipinski definition) is 14. The molecule has 0 aromatic carbocycles. The largest absolute Gasteiger partial charge is 0.394 e. The Kier molecular flexibility index (Phi) is 12.2. The van der Waals surface area contributed by atoms with Gasteiger partial charge >= 0.3 is 10.4 Å². The van der Waals surface area contributed by atoms with E-state index in [2.05, 4.69) is 10.6 Å². The second-order valence-electron chi connectivity index (χ2n) is 10.4. The van der Waals surface area contributed by atoms with Gasteiger partial charge in [0.2, 0.25) is 0 Å². The predicted molar refractivity (Wildman–Crippen MR) is 134 cm³/mol. The Bertz CT molecular complexity index is 832. The molecule has 2 aliphatic heterocycles. The Morgan fingerprint density at radius 1 is 0.974 bits per heavy atom. The van der Waals surface area contributed by atoms with Crippen LogP contribution in [0.25, 0.3) is 0 Å². The summed E-state index contributed by atoms with van der Waals surface area (Å²) >= 11 is 0. The zero-order valence-electron chi connectivity index (χ0n) is 22.1. The van der Waals surface area contributed by atoms with Crippen LogP contribution >= 0.6 is 0 Å². The van der Waals surface area contributed by atoms with Crippen molar-refractivity contribution in [3.05, 3.63) is 0 Å². The van der Waals surface area contributed by atoms with Gasteiger partial charge in [0.1, 0.15) is 30.0 Å². The monoisotopic (exact) mass is 575 g/mol. The summed E-state index contributed by atoms with van der Waals surface area (Å²) in [6, 6.07) is -2.11. The Balaban J connectivity index is 0.000000926. The molecular weight excluding hydrogens is 530 g/mol. The van der Waals surface area contributed by atoms with Crippen molar-refractivity contribution in [2.45, 2.75) is 112 Å². The van der Waals surface area contributed by atoms with E-state index in [9.17, 15) is 15.3 Å². The van der Waals surface area contributed by atoms with E-state index in [1.165, 1.54) is 0 Å². The molecule has 226 valence electrons. The number of hydrogen-bond donors (Lipinski definition) is 10. The first-order valence-corrected chi connectivity index (χ1v) is 13.9. The highest BCUT2D eigenvalue weighted by atomic mass is 32.3. The van der Waals surface area contributed by atoms with Crippen LogP contribution in [0.3, 0.4) is 0 Å². The summed E-state index contributed by atoms with van der Waals surface area (Å²) in [5.74, 6) is 0. The average Bonchev–Trinajstić information content (AvgIpc) is 2.80. The second-order valence-corrected chi connectivity index (χ2v) is 11.3. The summed E-state index contributed by atoms with van der Waals surface area (Å²) < 4.78 is 55.3. The minimum absolute atomic E-state index is 0.0620. The zero-order valence-corrected chi connectivity index (χ0v) is 22.9. The number of nitrogens with two attached hydrogens (primary N) is 3. The quantitative estimate of drug-likeness (QED) is 0.130. The maximum Gasteiger partial charge on any atom is 0.394 e. The SMILES string of the molecule is CNC(C)[C@@H]1CC[C@@H](N)[C@@H](OC2C(O)[C@@H](OC3OC[C@](C)(O)C(NC)[C@H]3O)[C@H](N)C[C@@H]2N)O1.O=S(=O)(O)O. The van der Waals surface area contributed by atoms with E-state index in [0.29, 0.717) is 12.8 Å². The lowest BCUT2D eigenvalue weighted by molar-refractivity contribution is -0.307. The Morgan fingerprint density at radius 3 is 2.00 bits per heavy atom. The van der Waals surface area contributed by atoms with Crippen LogP contribution < -0.4 is 27.8 Å². The molecule has 0 bridgehead atoms. The molecule has 0 spiro atoms. The van der Waals surface area contributed by atoms with Crippen molar-refractivity contribution in [3.8, 4) is 0 Å². The summed E-state index contributed by atoms with van der Waals surface area (Å²) in [5, 5.41) is 38.3. The molecule has 13 N–H and O–H groups in total. The van der Waals surface area contributed by atoms with Crippen molar-refractivity contribution in [1.29, 1.82) is 0 Å². The van der Waals surface area contributed by atoms with Crippen molar-refractivity contribution in [2.24, 2.45) is 17.2 Å². The van der Waals surface area contributed by atoms with E-state index < -0.39 is 71.1 Å². The Labute approximate surface area is 223 Å². The number of ether oxygens (including phenoxy) is 4. The normalized spacial score (nSPS) is 45.1. The molecule has 0 aromatic rings. The summed E-state index contributed by atoms with van der Waals surface area (Å²) in [5.41, 5.74) is 17.5. The molecule has 16 nitrogen and oxygen atoms in total. The topological polar surface area (TPSA) is 274 Å². The zero-order chi connectivity index (χ0) is 29.0. The van der Waals surface area contributed by atoms with Crippen LogP contribution in [0.2, 0.25) is 0 Å². The molecule has 0 aromatic heterocycles. The van der Waals surface area contributed by atoms with E-state index >= 15 is 0 Å². The van der Waals surface area contributed by atoms with Crippen LogP contribution in [0.5, 0.6) is 0 Å². The molecule has 0 radical (unpaired) electrons. The highest BCUT2D eigenvalue weighted by molar-refractivity contribution is 7.79. The molecule has 1 saturated carbocycles. The highest BCUT2D eigenvalue weighted by Crippen LogP contribution is 2.31. The van der Waals surface area contributed by atoms with E-state index in [-0.39, 0.29) is 24.8 Å². The first kappa shape index (κ1) is 33.6. The predicted octanol–water partition coefficient (Wildman–Crippen LogP) is -3.98. The van der Waals surface area contributed by atoms with Gasteiger partial charge in [0.25, 0.3) is 0 Å². The van der Waals surface area contributed by atoms with Gasteiger partial charge in [-0.3, -0.25) is 9.11 Å². The maximum absolute atomic E-state index is 11.1. The van der Waals surface area contributed by atoms with Gasteiger partial charge in [-0.1, -0.05) is 0 Å². The number of likely N-dealkylation sites (N-methyl/N-ethyl adjacent to an activating group) is 2. The second kappa shape index (κ2) is 13.8. The third kappa shape index (κ3) is 8.95. The standard InChI is InChI=1S/C21H43N5O7.H2O4S/c1-9(25-3)13-6-5-10(22)19(31-13)32-16-11(23)7-12(24)17(14(16)27)33-20-15(28)18(26-4)21(2,29)8-30-20;1-5(2,3)4/h9-20,25-29H,5-8,22-24H2,1-4H3;(H2,1,2,3,4)/t9?,10-,11+,12-,13+,14?,15-,16?,17+,18?,19-,20?,21+;/m1./s1. The summed E-state index contributed by atoms with van der Waals surface area (Å²) in [4.78, 5) is 0. The van der Waals surface area contributed by atoms with Crippen molar-refractivity contribution in [1.82, 2.24) is 10.6 Å². The molecule has 17 heteroatoms. The van der Waals surface area contributed by atoms with Gasteiger partial charge in [0.15, 0.2) is 12.6 Å². The molecule has 3 rings (SSSR count). The third-order valence-electron chi connectivity index (χ3n) is 7.24. The van der Waals surface area contributed by atoms with E-state index in [4.69, 9.17) is 53.7 Å². The third-order valence-corrected chi connectivity index (χ3v) is 7.24. The lowest BCUT2D eigenvalue weighted by Gasteiger charge is -2.48. The Hall–Kier alpha value is -0.610. The molecule has 0 amide bonds. The fraction of sp³-hybridized carbons (Fsp3) is 1.00. The van der Waals surface area contributed by atoms with Gasteiger partial charge < -0.3 is 62.1 Å². The first-order chi connectivity index (χ1) is 17.5. The molecule has 13 atom stereocenters. The van der Waals surface area contributed by atoms with E-state index in [0.717, 1.165) is 6.42 Å². The molecular formula is C21H45N5O11S. The summed E-state index contributed by atoms with van der Waals surface area (Å²) in [6.45, 7) is 3.52. The van der Waals surface area contributed by atoms with E-state index in [1.807, 2.05) is 14.0 Å². The Morgan fingerprint density at radius 2 is 1.50 bits per heavy atom. The lowest BCUT2D eigenvalue weighted by Crippen LogP contribution is -2.68. The number of nitrogens with one attached hydrogen (secondary N) is 2. The fourth-order valence-corrected chi connectivity index (χ4v) is 5.04. The molecule has 38 heavy (non-hydrogen) atoms. The number of rotatable bonds is 7. The van der Waals surface area contributed by atoms with Crippen molar-refractivity contribution in [2.75, 3.05) is 20.7 Å². The van der Waals surface area contributed by atoms with Crippen LogP contribution in [0.15, 0.2) is 0 Å². The first-order valence-electron chi connectivity index (χ1n) is 12.5. The molecule has 3 aliphatic rings. The molecule has 2 saturated heterocycles. The van der Waals surface area contributed by atoms with Gasteiger partial charge in [0, 0.05) is 18.1 Å². The number of aliphatic hydroxyl groups excluding tert-OH is 2. The van der Waals surface area contributed by atoms with Crippen molar-refractivity contribution < 1.29 is 51.8 Å². The van der Waals surface area contributed by atoms with Crippen LogP contribution in [-0.2, 0) is 29.3 Å². The molecule has 1 aliphatic carbocycles. The van der Waals surface area contributed by atoms with Crippen LogP contribution in [-0.4, -0.2) is 132 Å². The minimum Gasteiger partial charge on any atom is -0.388 e. The van der Waals surface area contributed by atoms with Gasteiger partial charge in [-0.05, 0) is 47.2 Å². The summed E-state index contributed by atoms with van der Waals surface area (Å²) in [7, 11) is -1.17. The number of aliphatic hydroxyl groups is 3. The highest BCUT2D eigenvalue weighted by Gasteiger charge is 2.50. The van der Waals surface area contributed by atoms with Crippen molar-refractivity contribution >= 4 is 10.4 Å². The van der Waals surface area contributed by atoms with Gasteiger partial charge in [-0.15, -0.1) is 0 Å². The minimum atomic E-state index is -4.67. The average molecular weight is 576 g/mol. The van der Waals surface area contributed by atoms with Gasteiger partial charge in [-0.2, -0.15) is 8.42 Å². The van der Waals surface area contributed by atoms with Gasteiger partial charge in [-0.25, -0.2) is 0 Å².